The Morgan fingerprint density at radius 2 is 1.73 bits per heavy atom. The number of benzene rings is 1. The number of ether oxygens (including phenoxy) is 2. The minimum absolute atomic E-state index is 0.259. The third-order valence-corrected chi connectivity index (χ3v) is 6.40. The van der Waals surface area contributed by atoms with E-state index < -0.39 is 23.8 Å². The van der Waals surface area contributed by atoms with E-state index in [1.807, 2.05) is 24.3 Å². The summed E-state index contributed by atoms with van der Waals surface area (Å²) in [6.45, 7) is 14.1. The van der Waals surface area contributed by atoms with Gasteiger partial charge in [0.2, 0.25) is 0 Å². The Balaban J connectivity index is 1.62. The van der Waals surface area contributed by atoms with Gasteiger partial charge in [-0.05, 0) is 89.0 Å². The molecule has 1 saturated carbocycles. The lowest BCUT2D eigenvalue weighted by Crippen LogP contribution is -2.40. The van der Waals surface area contributed by atoms with Crippen LogP contribution < -0.4 is 10.1 Å². The quantitative estimate of drug-likeness (QED) is 0.563. The first-order valence-electron chi connectivity index (χ1n) is 12.1. The smallest absolute Gasteiger partial charge is 0.407 e. The Hall–Kier alpha value is -2.34. The summed E-state index contributed by atoms with van der Waals surface area (Å²) < 4.78 is 11.6. The zero-order valence-corrected chi connectivity index (χ0v) is 21.1. The number of nitrogens with one attached hydrogen (secondary N) is 1. The Morgan fingerprint density at radius 3 is 2.33 bits per heavy atom. The summed E-state index contributed by atoms with van der Waals surface area (Å²) in [7, 11) is 0. The fourth-order valence-corrected chi connectivity index (χ4v) is 4.43. The molecule has 3 rings (SSSR count). The zero-order chi connectivity index (χ0) is 24.4. The average Bonchev–Trinajstić information content (AvgIpc) is 2.71. The van der Waals surface area contributed by atoms with Gasteiger partial charge in [-0.2, -0.15) is 0 Å². The van der Waals surface area contributed by atoms with Crippen molar-refractivity contribution in [1.82, 2.24) is 10.3 Å². The second kappa shape index (κ2) is 9.88. The molecule has 2 unspecified atom stereocenters. The van der Waals surface area contributed by atoms with Crippen LogP contribution in [0.15, 0.2) is 30.3 Å². The summed E-state index contributed by atoms with van der Waals surface area (Å²) in [5.41, 5.74) is 1.05. The summed E-state index contributed by atoms with van der Waals surface area (Å²) in [5, 5.41) is 14.3. The molecule has 2 aromatic rings. The Labute approximate surface area is 198 Å². The van der Waals surface area contributed by atoms with Gasteiger partial charge in [0.15, 0.2) is 0 Å². The lowest BCUT2D eigenvalue weighted by atomic mass is 9.72. The highest BCUT2D eigenvalue weighted by molar-refractivity contribution is 5.80. The lowest BCUT2D eigenvalue weighted by molar-refractivity contribution is 0.0432. The molecular weight excluding hydrogens is 416 g/mol. The minimum atomic E-state index is -0.948. The van der Waals surface area contributed by atoms with Crippen molar-refractivity contribution in [3.63, 3.8) is 0 Å². The number of hydrogen-bond acceptors (Lipinski definition) is 5. The van der Waals surface area contributed by atoms with Crippen LogP contribution in [0.3, 0.4) is 0 Å². The molecule has 2 atom stereocenters. The van der Waals surface area contributed by atoms with E-state index in [9.17, 15) is 9.90 Å². The van der Waals surface area contributed by atoms with Crippen LogP contribution in [0.4, 0.5) is 4.79 Å². The van der Waals surface area contributed by atoms with E-state index in [1.54, 1.807) is 33.8 Å². The molecule has 0 saturated heterocycles. The number of nitrogens with zero attached hydrogens (tertiary/aromatic N) is 1. The SMILES string of the molecule is CC(NC(=O)OC(C)(C)C)C(O)c1ccc2cc(OC3CCC(C(C)(C)C)CC3)ccc2n1. The molecule has 6 heteroatoms. The molecule has 6 nitrogen and oxygen atoms in total. The fourth-order valence-electron chi connectivity index (χ4n) is 4.43. The summed E-state index contributed by atoms with van der Waals surface area (Å²) in [6.07, 6.45) is 3.34. The number of amides is 1. The maximum Gasteiger partial charge on any atom is 0.407 e. The Morgan fingerprint density at radius 1 is 1.06 bits per heavy atom. The number of carbonyl (C=O) groups is 1. The molecule has 0 spiro atoms. The topological polar surface area (TPSA) is 80.7 Å². The van der Waals surface area contributed by atoms with Gasteiger partial charge >= 0.3 is 6.09 Å². The number of fused-ring (bicyclic) bond motifs is 1. The number of rotatable bonds is 5. The molecule has 1 aliphatic rings. The van der Waals surface area contributed by atoms with Gasteiger partial charge in [-0.15, -0.1) is 0 Å². The van der Waals surface area contributed by atoms with Crippen LogP contribution in [0.25, 0.3) is 10.9 Å². The van der Waals surface area contributed by atoms with Gasteiger partial charge in [-0.1, -0.05) is 26.8 Å². The number of aliphatic hydroxyl groups excluding tert-OH is 1. The molecule has 1 aromatic heterocycles. The second-order valence-electron chi connectivity index (χ2n) is 11.4. The van der Waals surface area contributed by atoms with Crippen molar-refractivity contribution in [3.05, 3.63) is 36.0 Å². The molecular formula is C27H40N2O4. The molecule has 1 aromatic carbocycles. The zero-order valence-electron chi connectivity index (χ0n) is 21.1. The minimum Gasteiger partial charge on any atom is -0.490 e. The van der Waals surface area contributed by atoms with Gasteiger partial charge in [0.05, 0.1) is 23.4 Å². The molecule has 33 heavy (non-hydrogen) atoms. The van der Waals surface area contributed by atoms with Crippen molar-refractivity contribution in [2.45, 2.75) is 98.0 Å². The average molecular weight is 457 g/mol. The number of pyridine rings is 1. The van der Waals surface area contributed by atoms with Crippen molar-refractivity contribution < 1.29 is 19.4 Å². The highest BCUT2D eigenvalue weighted by atomic mass is 16.6. The summed E-state index contributed by atoms with van der Waals surface area (Å²) in [4.78, 5) is 16.6. The van der Waals surface area contributed by atoms with Crippen LogP contribution in [0.2, 0.25) is 0 Å². The fraction of sp³-hybridized carbons (Fsp3) is 0.630. The Bertz CT molecular complexity index is 953. The van der Waals surface area contributed by atoms with Crippen LogP contribution in [-0.2, 0) is 4.74 Å². The van der Waals surface area contributed by atoms with Crippen molar-refractivity contribution >= 4 is 17.0 Å². The molecule has 0 aliphatic heterocycles. The molecule has 1 heterocycles. The van der Waals surface area contributed by atoms with E-state index in [0.717, 1.165) is 35.4 Å². The molecule has 2 N–H and O–H groups in total. The van der Waals surface area contributed by atoms with Crippen molar-refractivity contribution in [2.75, 3.05) is 0 Å². The second-order valence-corrected chi connectivity index (χ2v) is 11.4. The summed E-state index contributed by atoms with van der Waals surface area (Å²) in [6, 6.07) is 9.06. The number of hydrogen-bond donors (Lipinski definition) is 2. The number of aromatic nitrogens is 1. The summed E-state index contributed by atoms with van der Waals surface area (Å²) >= 11 is 0. The van der Waals surface area contributed by atoms with E-state index >= 15 is 0 Å². The van der Waals surface area contributed by atoms with E-state index in [-0.39, 0.29) is 6.10 Å². The predicted octanol–water partition coefficient (Wildman–Crippen LogP) is 6.17. The van der Waals surface area contributed by atoms with Gasteiger partial charge in [0, 0.05) is 5.39 Å². The van der Waals surface area contributed by atoms with E-state index in [0.29, 0.717) is 11.1 Å². The number of aliphatic hydroxyl groups is 1. The van der Waals surface area contributed by atoms with Crippen molar-refractivity contribution in [1.29, 1.82) is 0 Å². The third kappa shape index (κ3) is 7.07. The normalized spacial score (nSPS) is 21.3. The first-order chi connectivity index (χ1) is 15.3. The van der Waals surface area contributed by atoms with Crippen LogP contribution in [0, 0.1) is 11.3 Å². The van der Waals surface area contributed by atoms with Gasteiger partial charge in [-0.25, -0.2) is 9.78 Å². The maximum atomic E-state index is 12.0. The van der Waals surface area contributed by atoms with E-state index in [4.69, 9.17) is 9.47 Å². The molecule has 1 amide bonds. The number of carbonyl (C=O) groups excluding carboxylic acids is 1. The highest BCUT2D eigenvalue weighted by Crippen LogP contribution is 2.39. The van der Waals surface area contributed by atoms with Crippen LogP contribution >= 0.6 is 0 Å². The first-order valence-corrected chi connectivity index (χ1v) is 12.1. The Kier molecular flexibility index (Phi) is 7.57. The standard InChI is InChI=1S/C27H40N2O4/c1-17(28-25(31)33-27(5,6)7)24(30)23-14-8-18-16-21(13-15-22(18)29-23)32-20-11-9-19(10-12-20)26(2,3)4/h8,13-17,19-20,24,30H,9-12H2,1-7H3,(H,28,31). The maximum absolute atomic E-state index is 12.0. The predicted molar refractivity (Wildman–Crippen MR) is 131 cm³/mol. The molecule has 182 valence electrons. The monoisotopic (exact) mass is 456 g/mol. The molecule has 0 radical (unpaired) electrons. The van der Waals surface area contributed by atoms with Gasteiger partial charge < -0.3 is 19.9 Å². The van der Waals surface area contributed by atoms with Crippen LogP contribution in [0.5, 0.6) is 5.75 Å². The first kappa shape index (κ1) is 25.3. The van der Waals surface area contributed by atoms with E-state index in [2.05, 4.69) is 31.1 Å². The van der Waals surface area contributed by atoms with Crippen LogP contribution in [-0.4, -0.2) is 33.9 Å². The third-order valence-electron chi connectivity index (χ3n) is 6.40. The van der Waals surface area contributed by atoms with Gasteiger partial charge in [-0.3, -0.25) is 0 Å². The van der Waals surface area contributed by atoms with Gasteiger partial charge in [0.1, 0.15) is 17.5 Å². The highest BCUT2D eigenvalue weighted by Gasteiger charge is 2.30. The number of alkyl carbamates (subject to hydrolysis) is 1. The largest absolute Gasteiger partial charge is 0.490 e. The molecule has 0 bridgehead atoms. The molecule has 1 aliphatic carbocycles. The van der Waals surface area contributed by atoms with E-state index in [1.165, 1.54) is 12.8 Å². The van der Waals surface area contributed by atoms with Crippen molar-refractivity contribution in [3.8, 4) is 5.75 Å². The van der Waals surface area contributed by atoms with Crippen LogP contribution in [0.1, 0.15) is 85.9 Å². The molecule has 1 fully saturated rings. The summed E-state index contributed by atoms with van der Waals surface area (Å²) in [5.74, 6) is 1.62. The van der Waals surface area contributed by atoms with Gasteiger partial charge in [0.25, 0.3) is 0 Å². The lowest BCUT2D eigenvalue weighted by Gasteiger charge is -2.36. The van der Waals surface area contributed by atoms with Crippen molar-refractivity contribution in [2.24, 2.45) is 11.3 Å².